The monoisotopic (exact) mass is 858 g/mol. The number of aliphatic hydroxyl groups excluding tert-OH is 1. The van der Waals surface area contributed by atoms with E-state index < -0.39 is 20.0 Å². The fourth-order valence-corrected chi connectivity index (χ4v) is 6.78. The summed E-state index contributed by atoms with van der Waals surface area (Å²) in [7, 11) is 1.53. The van der Waals surface area contributed by atoms with E-state index in [1.54, 1.807) is 6.08 Å². The van der Waals surface area contributed by atoms with Gasteiger partial charge in [0.05, 0.1) is 39.9 Å². The van der Waals surface area contributed by atoms with Gasteiger partial charge in [0, 0.05) is 6.42 Å². The maximum Gasteiger partial charge on any atom is 0.472 e. The normalized spacial score (nSPS) is 15.1. The van der Waals surface area contributed by atoms with Crippen LogP contribution in [0.1, 0.15) is 168 Å². The van der Waals surface area contributed by atoms with Crippen LogP contribution in [-0.2, 0) is 18.4 Å². The van der Waals surface area contributed by atoms with E-state index in [4.69, 9.17) is 9.05 Å². The third-order valence-corrected chi connectivity index (χ3v) is 10.7. The Morgan fingerprint density at radius 1 is 0.583 bits per heavy atom. The van der Waals surface area contributed by atoms with Crippen LogP contribution < -0.4 is 5.32 Å². The number of quaternary nitrogens is 1. The molecule has 9 heteroatoms. The molecule has 0 rings (SSSR count). The van der Waals surface area contributed by atoms with Gasteiger partial charge in [0.1, 0.15) is 13.2 Å². The highest BCUT2D eigenvalue weighted by atomic mass is 31.2. The van der Waals surface area contributed by atoms with E-state index >= 15 is 0 Å². The van der Waals surface area contributed by atoms with Crippen molar-refractivity contribution in [2.24, 2.45) is 0 Å². The number of nitrogens with zero attached hydrogens (tertiary/aromatic N) is 1. The number of unbranched alkanes of at least 4 members (excludes halogenated alkanes) is 14. The Morgan fingerprint density at radius 3 is 1.52 bits per heavy atom. The number of phosphoric ester groups is 1. The number of carbonyl (C=O) groups is 1. The summed E-state index contributed by atoms with van der Waals surface area (Å²) in [5.41, 5.74) is 0. The predicted octanol–water partition coefficient (Wildman–Crippen LogP) is 13.5. The van der Waals surface area contributed by atoms with E-state index in [9.17, 15) is 19.4 Å². The first kappa shape index (κ1) is 57.4. The Bertz CT molecular complexity index is 1290. The van der Waals surface area contributed by atoms with Crippen LogP contribution in [0.2, 0.25) is 0 Å². The average Bonchev–Trinajstić information content (AvgIpc) is 3.20. The molecule has 344 valence electrons. The quantitative estimate of drug-likeness (QED) is 0.0245. The number of hydrogen-bond acceptors (Lipinski definition) is 5. The van der Waals surface area contributed by atoms with Crippen LogP contribution in [0.15, 0.2) is 97.2 Å². The molecular formula is C51H90N2O6P+. The van der Waals surface area contributed by atoms with Crippen LogP contribution in [0.3, 0.4) is 0 Å². The van der Waals surface area contributed by atoms with Gasteiger partial charge in [-0.3, -0.25) is 13.8 Å². The summed E-state index contributed by atoms with van der Waals surface area (Å²) < 4.78 is 23.5. The molecule has 0 bridgehead atoms. The largest absolute Gasteiger partial charge is 0.472 e. The van der Waals surface area contributed by atoms with Crippen LogP contribution in [0, 0.1) is 0 Å². The smallest absolute Gasteiger partial charge is 0.387 e. The van der Waals surface area contributed by atoms with Crippen LogP contribution >= 0.6 is 7.82 Å². The molecule has 1 amide bonds. The Hall–Kier alpha value is -2.58. The zero-order valence-electron chi connectivity index (χ0n) is 38.9. The van der Waals surface area contributed by atoms with Gasteiger partial charge in [0.15, 0.2) is 0 Å². The summed E-state index contributed by atoms with van der Waals surface area (Å²) >= 11 is 0. The molecule has 0 heterocycles. The number of likely N-dealkylation sites (N-methyl/N-ethyl adjacent to an activating group) is 1. The first-order valence-electron chi connectivity index (χ1n) is 23.6. The Labute approximate surface area is 369 Å². The second kappa shape index (κ2) is 41.8. The molecule has 0 aliphatic heterocycles. The number of hydrogen-bond donors (Lipinski definition) is 3. The van der Waals surface area contributed by atoms with E-state index in [0.717, 1.165) is 83.5 Å². The number of carbonyl (C=O) groups excluding carboxylic acids is 1. The molecule has 0 aromatic carbocycles. The van der Waals surface area contributed by atoms with Gasteiger partial charge in [-0.15, -0.1) is 0 Å². The molecule has 8 nitrogen and oxygen atoms in total. The lowest BCUT2D eigenvalue weighted by Crippen LogP contribution is -2.45. The number of amides is 1. The minimum atomic E-state index is -4.35. The highest BCUT2D eigenvalue weighted by Gasteiger charge is 2.27. The third kappa shape index (κ3) is 43.5. The summed E-state index contributed by atoms with van der Waals surface area (Å²) in [6, 6.07) is -0.875. The van der Waals surface area contributed by atoms with Crippen molar-refractivity contribution in [3.05, 3.63) is 97.2 Å². The molecule has 3 N–H and O–H groups in total. The summed E-state index contributed by atoms with van der Waals surface area (Å²) in [5.74, 6) is -0.202. The molecule has 3 atom stereocenters. The van der Waals surface area contributed by atoms with Crippen molar-refractivity contribution >= 4 is 13.7 Å². The van der Waals surface area contributed by atoms with E-state index in [1.165, 1.54) is 64.2 Å². The van der Waals surface area contributed by atoms with E-state index in [0.29, 0.717) is 17.4 Å². The molecule has 0 saturated carbocycles. The zero-order valence-corrected chi connectivity index (χ0v) is 39.8. The van der Waals surface area contributed by atoms with Crippen molar-refractivity contribution in [3.63, 3.8) is 0 Å². The average molecular weight is 858 g/mol. The molecule has 0 spiro atoms. The minimum Gasteiger partial charge on any atom is -0.387 e. The SMILES string of the molecule is CC/C=C\C/C=C\C/C=C\C/C=C\C/C=C\CCCCCCCCCCCCCC(=O)NC(COP(=O)(O)OCC[N+](C)(C)C)C(O)/C=C/CC/C=C/CC/C=C/CCC. The van der Waals surface area contributed by atoms with Crippen molar-refractivity contribution in [3.8, 4) is 0 Å². The summed E-state index contributed by atoms with van der Waals surface area (Å²) in [6.07, 6.45) is 59.2. The third-order valence-electron chi connectivity index (χ3n) is 9.75. The predicted molar refractivity (Wildman–Crippen MR) is 258 cm³/mol. The van der Waals surface area contributed by atoms with Crippen molar-refractivity contribution in [1.29, 1.82) is 0 Å². The van der Waals surface area contributed by atoms with Gasteiger partial charge in [0.25, 0.3) is 0 Å². The van der Waals surface area contributed by atoms with Crippen molar-refractivity contribution in [2.45, 2.75) is 180 Å². The summed E-state index contributed by atoms with van der Waals surface area (Å²) in [5, 5.41) is 13.8. The van der Waals surface area contributed by atoms with E-state index in [-0.39, 0.29) is 19.1 Å². The standard InChI is InChI=1S/C51H89N2O6P/c1-6-8-10-12-14-16-18-19-20-21-22-23-24-25-26-27-28-29-30-31-32-33-35-37-39-41-43-45-51(55)52-49(48-59-60(56,57)58-47-46-53(3,4)5)50(54)44-42-40-38-36-34-17-15-13-11-9-7-2/h8,10-11,13-14,16,19-20,22-23,25-26,34,36,42,44,49-50,54H,6-7,9,12,15,17-18,21,24,27-33,35,37-41,43,45-48H2,1-5H3,(H-,52,55,56,57)/p+1/b10-8-,13-11+,16-14-,20-19-,23-22-,26-25-,36-34+,44-42+. The van der Waals surface area contributed by atoms with Gasteiger partial charge in [-0.2, -0.15) is 0 Å². The summed E-state index contributed by atoms with van der Waals surface area (Å²) in [6.45, 7) is 4.57. The van der Waals surface area contributed by atoms with Gasteiger partial charge in [0.2, 0.25) is 5.91 Å². The second-order valence-corrected chi connectivity index (χ2v) is 18.2. The van der Waals surface area contributed by atoms with Gasteiger partial charge in [-0.1, -0.05) is 175 Å². The van der Waals surface area contributed by atoms with Crippen molar-refractivity contribution in [2.75, 3.05) is 40.9 Å². The molecule has 3 unspecified atom stereocenters. The van der Waals surface area contributed by atoms with Crippen LogP contribution in [-0.4, -0.2) is 73.4 Å². The fraction of sp³-hybridized carbons (Fsp3) is 0.667. The number of aliphatic hydroxyl groups is 1. The van der Waals surface area contributed by atoms with Gasteiger partial charge >= 0.3 is 7.82 Å². The lowest BCUT2D eigenvalue weighted by Gasteiger charge is -2.25. The highest BCUT2D eigenvalue weighted by molar-refractivity contribution is 7.47. The van der Waals surface area contributed by atoms with Gasteiger partial charge in [-0.05, 0) is 83.5 Å². The lowest BCUT2D eigenvalue weighted by molar-refractivity contribution is -0.870. The second-order valence-electron chi connectivity index (χ2n) is 16.7. The number of allylic oxidation sites excluding steroid dienone is 15. The number of rotatable bonds is 41. The van der Waals surface area contributed by atoms with E-state index in [2.05, 4.69) is 104 Å². The molecule has 60 heavy (non-hydrogen) atoms. The molecule has 0 aromatic heterocycles. The van der Waals surface area contributed by atoms with Crippen LogP contribution in [0.5, 0.6) is 0 Å². The van der Waals surface area contributed by atoms with Gasteiger partial charge < -0.3 is 19.8 Å². The molecule has 0 aliphatic rings. The van der Waals surface area contributed by atoms with Gasteiger partial charge in [-0.25, -0.2) is 4.57 Å². The molecule has 0 aliphatic carbocycles. The number of phosphoric acid groups is 1. The Kier molecular flexibility index (Phi) is 40.0. The first-order chi connectivity index (χ1) is 29.0. The van der Waals surface area contributed by atoms with Crippen molar-refractivity contribution in [1.82, 2.24) is 5.32 Å². The molecular weight excluding hydrogens is 768 g/mol. The van der Waals surface area contributed by atoms with E-state index in [1.807, 2.05) is 27.2 Å². The fourth-order valence-electron chi connectivity index (χ4n) is 6.05. The van der Waals surface area contributed by atoms with Crippen LogP contribution in [0.4, 0.5) is 0 Å². The molecule has 0 radical (unpaired) electrons. The highest BCUT2D eigenvalue weighted by Crippen LogP contribution is 2.43. The zero-order chi connectivity index (χ0) is 44.3. The van der Waals surface area contributed by atoms with Crippen LogP contribution in [0.25, 0.3) is 0 Å². The minimum absolute atomic E-state index is 0.0479. The Balaban J connectivity index is 4.25. The lowest BCUT2D eigenvalue weighted by atomic mass is 10.0. The Morgan fingerprint density at radius 2 is 1.02 bits per heavy atom. The van der Waals surface area contributed by atoms with Crippen molar-refractivity contribution < 1.29 is 32.9 Å². The number of nitrogens with one attached hydrogen (secondary N) is 1. The summed E-state index contributed by atoms with van der Waals surface area (Å²) in [4.78, 5) is 23.1. The maximum absolute atomic E-state index is 12.9. The molecule has 0 fully saturated rings. The molecule has 0 aromatic rings. The maximum atomic E-state index is 12.9. The first-order valence-corrected chi connectivity index (χ1v) is 25.1. The topological polar surface area (TPSA) is 105 Å². The molecule has 0 saturated heterocycles.